The second kappa shape index (κ2) is 7.50. The van der Waals surface area contributed by atoms with Crippen molar-refractivity contribution in [3.63, 3.8) is 0 Å². The normalized spacial score (nSPS) is 11.3. The van der Waals surface area contributed by atoms with Gasteiger partial charge < -0.3 is 5.32 Å². The number of nitrogens with one attached hydrogen (secondary N) is 1. The molecule has 3 nitrogen and oxygen atoms in total. The summed E-state index contributed by atoms with van der Waals surface area (Å²) in [6, 6.07) is 9.95. The number of benzene rings is 1. The molecule has 1 heterocycles. The van der Waals surface area contributed by atoms with Crippen molar-refractivity contribution in [1.29, 1.82) is 0 Å². The lowest BCUT2D eigenvalue weighted by molar-refractivity contribution is -0.141. The maximum absolute atomic E-state index is 12.4. The molecule has 122 valence electrons. The largest absolute Gasteiger partial charge is 0.433 e. The van der Waals surface area contributed by atoms with Gasteiger partial charge in [-0.05, 0) is 31.2 Å². The molecule has 0 saturated carbocycles. The van der Waals surface area contributed by atoms with Gasteiger partial charge in [0, 0.05) is 23.4 Å². The van der Waals surface area contributed by atoms with E-state index in [1.165, 1.54) is 5.56 Å². The highest BCUT2D eigenvalue weighted by Crippen LogP contribution is 2.27. The fourth-order valence-corrected chi connectivity index (χ4v) is 2.53. The smallest absolute Gasteiger partial charge is 0.351 e. The number of amides is 1. The van der Waals surface area contributed by atoms with Crippen LogP contribution in [0.3, 0.4) is 0 Å². The topological polar surface area (TPSA) is 42.0 Å². The second-order valence-electron chi connectivity index (χ2n) is 4.85. The molecule has 1 aromatic carbocycles. The molecular weight excluding hydrogens is 325 g/mol. The molecule has 1 N–H and O–H groups in total. The van der Waals surface area contributed by atoms with E-state index in [0.717, 1.165) is 23.2 Å². The van der Waals surface area contributed by atoms with Crippen LogP contribution in [-0.4, -0.2) is 23.2 Å². The lowest BCUT2D eigenvalue weighted by atomic mass is 10.2. The van der Waals surface area contributed by atoms with E-state index in [-0.39, 0.29) is 5.56 Å². The van der Waals surface area contributed by atoms with Crippen molar-refractivity contribution in [1.82, 2.24) is 10.3 Å². The first kappa shape index (κ1) is 17.3. The Balaban J connectivity index is 1.79. The zero-order chi connectivity index (χ0) is 16.9. The molecule has 0 aliphatic carbocycles. The fourth-order valence-electron chi connectivity index (χ4n) is 1.77. The molecule has 23 heavy (non-hydrogen) atoms. The first-order valence-corrected chi connectivity index (χ1v) is 7.86. The predicted octanol–water partition coefficient (Wildman–Crippen LogP) is 3.93. The number of hydrogen-bond donors (Lipinski definition) is 1. The Morgan fingerprint density at radius 2 is 1.87 bits per heavy atom. The lowest BCUT2D eigenvalue weighted by Gasteiger charge is -2.07. The van der Waals surface area contributed by atoms with Crippen LogP contribution < -0.4 is 5.32 Å². The van der Waals surface area contributed by atoms with Crippen LogP contribution >= 0.6 is 11.8 Å². The van der Waals surface area contributed by atoms with Crippen molar-refractivity contribution in [2.75, 3.05) is 12.3 Å². The Morgan fingerprint density at radius 1 is 1.17 bits per heavy atom. The van der Waals surface area contributed by atoms with E-state index in [1.807, 2.05) is 31.2 Å². The Hall–Kier alpha value is -2.02. The average Bonchev–Trinajstić information content (AvgIpc) is 2.52. The molecule has 1 amide bonds. The number of halogens is 3. The molecule has 0 aliphatic heterocycles. The molecule has 0 unspecified atom stereocenters. The van der Waals surface area contributed by atoms with Gasteiger partial charge in [0.15, 0.2) is 0 Å². The van der Waals surface area contributed by atoms with E-state index in [9.17, 15) is 18.0 Å². The third kappa shape index (κ3) is 5.28. The van der Waals surface area contributed by atoms with Crippen LogP contribution in [0.4, 0.5) is 13.2 Å². The summed E-state index contributed by atoms with van der Waals surface area (Å²) in [5, 5.41) is 2.66. The van der Waals surface area contributed by atoms with Crippen LogP contribution in [0.2, 0.25) is 0 Å². The van der Waals surface area contributed by atoms with Gasteiger partial charge in [-0.25, -0.2) is 0 Å². The van der Waals surface area contributed by atoms with Crippen LogP contribution in [0.1, 0.15) is 21.6 Å². The maximum atomic E-state index is 12.4. The first-order valence-electron chi connectivity index (χ1n) is 6.87. The van der Waals surface area contributed by atoms with Crippen molar-refractivity contribution in [2.24, 2.45) is 0 Å². The summed E-state index contributed by atoms with van der Waals surface area (Å²) >= 11 is 1.59. The standard InChI is InChI=1S/C16H15F3N2OS/c1-11-2-5-13(6-3-11)23-9-8-20-15(22)12-4-7-14(21-10-12)16(17,18)19/h2-7,10H,8-9H2,1H3,(H,20,22). The van der Waals surface area contributed by atoms with E-state index in [0.29, 0.717) is 12.3 Å². The van der Waals surface area contributed by atoms with Crippen LogP contribution in [0.25, 0.3) is 0 Å². The monoisotopic (exact) mass is 340 g/mol. The lowest BCUT2D eigenvalue weighted by Crippen LogP contribution is -2.26. The van der Waals surface area contributed by atoms with E-state index in [1.54, 1.807) is 11.8 Å². The first-order chi connectivity index (χ1) is 10.9. The molecule has 0 aliphatic rings. The predicted molar refractivity (Wildman–Crippen MR) is 83.5 cm³/mol. The highest BCUT2D eigenvalue weighted by Gasteiger charge is 2.32. The highest BCUT2D eigenvalue weighted by atomic mass is 32.2. The molecule has 0 radical (unpaired) electrons. The summed E-state index contributed by atoms with van der Waals surface area (Å²) < 4.78 is 37.2. The van der Waals surface area contributed by atoms with E-state index >= 15 is 0 Å². The highest BCUT2D eigenvalue weighted by molar-refractivity contribution is 7.99. The van der Waals surface area contributed by atoms with Crippen LogP contribution in [0, 0.1) is 6.92 Å². The molecule has 0 fully saturated rings. The van der Waals surface area contributed by atoms with Gasteiger partial charge in [-0.2, -0.15) is 13.2 Å². The number of alkyl halides is 3. The fraction of sp³-hybridized carbons (Fsp3) is 0.250. The van der Waals surface area contributed by atoms with Crippen LogP contribution in [-0.2, 0) is 6.18 Å². The third-order valence-corrected chi connectivity index (χ3v) is 4.01. The molecule has 0 spiro atoms. The summed E-state index contributed by atoms with van der Waals surface area (Å²) in [5.41, 5.74) is 0.278. The Labute approximate surface area is 136 Å². The van der Waals surface area contributed by atoms with Crippen molar-refractivity contribution < 1.29 is 18.0 Å². The van der Waals surface area contributed by atoms with Gasteiger partial charge in [-0.15, -0.1) is 11.8 Å². The Kier molecular flexibility index (Phi) is 5.65. The zero-order valence-electron chi connectivity index (χ0n) is 12.4. The molecule has 0 saturated heterocycles. The minimum absolute atomic E-state index is 0.110. The summed E-state index contributed by atoms with van der Waals surface area (Å²) in [7, 11) is 0. The van der Waals surface area contributed by atoms with Crippen molar-refractivity contribution in [2.45, 2.75) is 18.0 Å². The molecule has 1 aromatic heterocycles. The summed E-state index contributed by atoms with van der Waals surface area (Å²) in [6.45, 7) is 2.42. The SMILES string of the molecule is Cc1ccc(SCCNC(=O)c2ccc(C(F)(F)F)nc2)cc1. The summed E-state index contributed by atoms with van der Waals surface area (Å²) in [4.78, 5) is 16.2. The summed E-state index contributed by atoms with van der Waals surface area (Å²) in [6.07, 6.45) is -3.56. The number of aryl methyl sites for hydroxylation is 1. The Morgan fingerprint density at radius 3 is 2.43 bits per heavy atom. The molecule has 2 aromatic rings. The maximum Gasteiger partial charge on any atom is 0.433 e. The quantitative estimate of drug-likeness (QED) is 0.662. The number of nitrogens with zero attached hydrogens (tertiary/aromatic N) is 1. The second-order valence-corrected chi connectivity index (χ2v) is 6.02. The van der Waals surface area contributed by atoms with Crippen LogP contribution in [0.5, 0.6) is 0 Å². The van der Waals surface area contributed by atoms with Crippen molar-refractivity contribution in [3.05, 3.63) is 59.4 Å². The van der Waals surface area contributed by atoms with Gasteiger partial charge in [0.05, 0.1) is 5.56 Å². The van der Waals surface area contributed by atoms with Gasteiger partial charge in [0.1, 0.15) is 5.69 Å². The number of thioether (sulfide) groups is 1. The number of rotatable bonds is 5. The van der Waals surface area contributed by atoms with E-state index in [4.69, 9.17) is 0 Å². The number of carbonyl (C=O) groups excluding carboxylic acids is 1. The van der Waals surface area contributed by atoms with Crippen molar-refractivity contribution in [3.8, 4) is 0 Å². The third-order valence-electron chi connectivity index (χ3n) is 2.99. The van der Waals surface area contributed by atoms with Crippen molar-refractivity contribution >= 4 is 17.7 Å². The number of hydrogen-bond acceptors (Lipinski definition) is 3. The van der Waals surface area contributed by atoms with Gasteiger partial charge in [0.25, 0.3) is 5.91 Å². The average molecular weight is 340 g/mol. The van der Waals surface area contributed by atoms with Gasteiger partial charge in [0.2, 0.25) is 0 Å². The zero-order valence-corrected chi connectivity index (χ0v) is 13.2. The van der Waals surface area contributed by atoms with Gasteiger partial charge in [-0.1, -0.05) is 17.7 Å². The summed E-state index contributed by atoms with van der Waals surface area (Å²) in [5.74, 6) is 0.235. The number of aromatic nitrogens is 1. The minimum Gasteiger partial charge on any atom is -0.351 e. The molecule has 0 atom stereocenters. The minimum atomic E-state index is -4.50. The molecular formula is C16H15F3N2OS. The molecule has 0 bridgehead atoms. The number of carbonyl (C=O) groups is 1. The van der Waals surface area contributed by atoms with E-state index in [2.05, 4.69) is 10.3 Å². The van der Waals surface area contributed by atoms with E-state index < -0.39 is 17.8 Å². The molecule has 7 heteroatoms. The Bertz CT molecular complexity index is 655. The molecule has 2 rings (SSSR count). The van der Waals surface area contributed by atoms with Crippen LogP contribution in [0.15, 0.2) is 47.5 Å². The van der Waals surface area contributed by atoms with Gasteiger partial charge >= 0.3 is 6.18 Å². The van der Waals surface area contributed by atoms with Gasteiger partial charge in [-0.3, -0.25) is 9.78 Å². The number of pyridine rings is 1.